The average molecular weight is 766 g/mol. The molecule has 9 aromatic rings. The molecule has 2 atom stereocenters. The van der Waals surface area contributed by atoms with E-state index in [1.54, 1.807) is 11.3 Å². The molecule has 0 N–H and O–H groups in total. The van der Waals surface area contributed by atoms with Crippen molar-refractivity contribution in [1.82, 2.24) is 9.97 Å². The van der Waals surface area contributed by atoms with E-state index in [4.69, 9.17) is 9.97 Å². The number of hydrogen-bond acceptors (Lipinski definition) is 5. The molecule has 0 saturated carbocycles. The minimum atomic E-state index is -0.417. The predicted molar refractivity (Wildman–Crippen MR) is 239 cm³/mol. The van der Waals surface area contributed by atoms with Crippen LogP contribution in [-0.2, 0) is 5.41 Å². The van der Waals surface area contributed by atoms with Crippen molar-refractivity contribution in [3.8, 4) is 32.8 Å². The molecule has 0 saturated heterocycles. The molecule has 0 amide bonds. The van der Waals surface area contributed by atoms with Crippen molar-refractivity contribution < 1.29 is 0 Å². The van der Waals surface area contributed by atoms with Gasteiger partial charge in [-0.1, -0.05) is 122 Å². The van der Waals surface area contributed by atoms with Crippen molar-refractivity contribution in [3.05, 3.63) is 215 Å². The fraction of sp³-hybridized carbons (Fsp3) is 0.0769. The molecule has 270 valence electrons. The van der Waals surface area contributed by atoms with Gasteiger partial charge in [-0.3, -0.25) is 0 Å². The Kier molecular flexibility index (Phi) is 7.23. The van der Waals surface area contributed by atoms with Crippen LogP contribution in [0.3, 0.4) is 0 Å². The molecule has 2 unspecified atom stereocenters. The van der Waals surface area contributed by atoms with Crippen molar-refractivity contribution in [3.63, 3.8) is 0 Å². The van der Waals surface area contributed by atoms with E-state index in [0.717, 1.165) is 43.7 Å². The fourth-order valence-electron chi connectivity index (χ4n) is 9.71. The Morgan fingerprint density at radius 2 is 1.07 bits per heavy atom. The molecule has 7 aromatic carbocycles. The summed E-state index contributed by atoms with van der Waals surface area (Å²) in [6.45, 7) is 2.33. The Morgan fingerprint density at radius 3 is 1.68 bits per heavy atom. The lowest BCUT2D eigenvalue weighted by Gasteiger charge is -2.33. The number of hydrogen-bond donors (Lipinski definition) is 0. The number of para-hydroxylation sites is 2. The maximum Gasteiger partial charge on any atom is 0.124 e. The number of aromatic nitrogens is 2. The number of thiazole rings is 2. The van der Waals surface area contributed by atoms with Gasteiger partial charge < -0.3 is 4.90 Å². The van der Waals surface area contributed by atoms with Gasteiger partial charge in [0.05, 0.1) is 25.8 Å². The molecule has 57 heavy (non-hydrogen) atoms. The summed E-state index contributed by atoms with van der Waals surface area (Å²) in [6, 6.07) is 60.1. The topological polar surface area (TPSA) is 29.0 Å². The van der Waals surface area contributed by atoms with Crippen molar-refractivity contribution >= 4 is 54.5 Å². The van der Waals surface area contributed by atoms with E-state index in [2.05, 4.69) is 194 Å². The first-order valence-electron chi connectivity index (χ1n) is 19.6. The van der Waals surface area contributed by atoms with E-state index in [1.165, 1.54) is 53.9 Å². The Labute approximate surface area is 339 Å². The molecule has 2 heterocycles. The van der Waals surface area contributed by atoms with Crippen molar-refractivity contribution in [1.29, 1.82) is 0 Å². The lowest BCUT2D eigenvalue weighted by Crippen LogP contribution is -2.26. The molecule has 0 fully saturated rings. The zero-order valence-corrected chi connectivity index (χ0v) is 32.8. The first-order valence-corrected chi connectivity index (χ1v) is 21.2. The molecule has 3 nitrogen and oxygen atoms in total. The number of benzene rings is 7. The van der Waals surface area contributed by atoms with Crippen LogP contribution in [0, 0.1) is 5.92 Å². The standard InChI is InChI=1S/C52H35N3S2/c1-32-30-35(26-28-37(32)51-54-47-19-9-11-21-49(47)57-51)55(34-24-22-33(23-25-34)50-53-46-18-8-10-20-48(46)56-50)36-27-29-41-40-14-4-7-17-44(40)52(45(41)31-36)42-15-5-2-12-38(42)39-13-3-6-16-43(39)52/h2-32,37H,1H3. The molecular formula is C52H35N3S2. The van der Waals surface area contributed by atoms with Crippen LogP contribution in [0.4, 0.5) is 11.4 Å². The van der Waals surface area contributed by atoms with Gasteiger partial charge in [0.15, 0.2) is 0 Å². The second kappa shape index (κ2) is 12.6. The molecule has 5 heteroatoms. The largest absolute Gasteiger partial charge is 0.311 e. The fourth-order valence-corrected chi connectivity index (χ4v) is 11.8. The zero-order chi connectivity index (χ0) is 37.7. The van der Waals surface area contributed by atoms with Gasteiger partial charge in [0.2, 0.25) is 0 Å². The first kappa shape index (κ1) is 32.8. The van der Waals surface area contributed by atoms with Crippen molar-refractivity contribution in [2.45, 2.75) is 18.3 Å². The molecule has 12 rings (SSSR count). The van der Waals surface area contributed by atoms with E-state index >= 15 is 0 Å². The first-order chi connectivity index (χ1) is 28.1. The van der Waals surface area contributed by atoms with E-state index in [1.807, 2.05) is 11.3 Å². The second-order valence-corrected chi connectivity index (χ2v) is 17.4. The number of allylic oxidation sites excluding steroid dienone is 3. The Hall–Kier alpha value is -6.40. The van der Waals surface area contributed by atoms with Gasteiger partial charge in [0.25, 0.3) is 0 Å². The highest BCUT2D eigenvalue weighted by molar-refractivity contribution is 7.21. The van der Waals surface area contributed by atoms with E-state index in [9.17, 15) is 0 Å². The van der Waals surface area contributed by atoms with Gasteiger partial charge in [0, 0.05) is 28.6 Å². The smallest absolute Gasteiger partial charge is 0.124 e. The Balaban J connectivity index is 1.03. The van der Waals surface area contributed by atoms with Crippen LogP contribution in [0.1, 0.15) is 40.1 Å². The highest BCUT2D eigenvalue weighted by Crippen LogP contribution is 2.63. The van der Waals surface area contributed by atoms with Gasteiger partial charge >= 0.3 is 0 Å². The molecule has 2 aromatic heterocycles. The van der Waals surface area contributed by atoms with Gasteiger partial charge in [-0.2, -0.15) is 0 Å². The lowest BCUT2D eigenvalue weighted by molar-refractivity contribution is 0.626. The summed E-state index contributed by atoms with van der Waals surface area (Å²) in [4.78, 5) is 12.5. The summed E-state index contributed by atoms with van der Waals surface area (Å²) in [7, 11) is 0. The van der Waals surface area contributed by atoms with Gasteiger partial charge in [0.1, 0.15) is 10.0 Å². The maximum absolute atomic E-state index is 5.08. The maximum atomic E-state index is 5.08. The number of anilines is 2. The minimum absolute atomic E-state index is 0.207. The van der Waals surface area contributed by atoms with Crippen LogP contribution in [0.2, 0.25) is 0 Å². The number of nitrogens with zero attached hydrogens (tertiary/aromatic N) is 3. The Morgan fingerprint density at radius 1 is 0.526 bits per heavy atom. The molecule has 3 aliphatic carbocycles. The van der Waals surface area contributed by atoms with Crippen LogP contribution >= 0.6 is 22.7 Å². The molecule has 0 bridgehead atoms. The van der Waals surface area contributed by atoms with Gasteiger partial charge in [-0.25, -0.2) is 9.97 Å². The highest BCUT2D eigenvalue weighted by atomic mass is 32.1. The minimum Gasteiger partial charge on any atom is -0.311 e. The summed E-state index contributed by atoms with van der Waals surface area (Å²) in [6.07, 6.45) is 7.13. The third kappa shape index (κ3) is 4.83. The summed E-state index contributed by atoms with van der Waals surface area (Å²) >= 11 is 3.55. The van der Waals surface area contributed by atoms with E-state index < -0.39 is 5.41 Å². The summed E-state index contributed by atoms with van der Waals surface area (Å²) in [5.41, 5.74) is 16.8. The molecular weight excluding hydrogens is 731 g/mol. The quantitative estimate of drug-likeness (QED) is 0.175. The van der Waals surface area contributed by atoms with Crippen LogP contribution in [-0.4, -0.2) is 9.97 Å². The van der Waals surface area contributed by atoms with E-state index in [-0.39, 0.29) is 11.8 Å². The number of rotatable bonds is 5. The summed E-state index contributed by atoms with van der Waals surface area (Å²) in [5, 5.41) is 2.20. The third-order valence-electron chi connectivity index (χ3n) is 12.2. The predicted octanol–water partition coefficient (Wildman–Crippen LogP) is 13.9. The summed E-state index contributed by atoms with van der Waals surface area (Å²) < 4.78 is 2.44. The van der Waals surface area contributed by atoms with Crippen LogP contribution in [0.5, 0.6) is 0 Å². The molecule has 0 radical (unpaired) electrons. The van der Waals surface area contributed by atoms with Crippen LogP contribution in [0.15, 0.2) is 188 Å². The van der Waals surface area contributed by atoms with Crippen molar-refractivity contribution in [2.24, 2.45) is 5.92 Å². The van der Waals surface area contributed by atoms with Crippen molar-refractivity contribution in [2.75, 3.05) is 4.90 Å². The third-order valence-corrected chi connectivity index (χ3v) is 14.5. The Bertz CT molecular complexity index is 3000. The SMILES string of the molecule is CC1C=C(N(c2ccc(-c3nc4ccccc4s3)cc2)c2ccc3c(c2)C2(c4ccccc4-c4ccccc42)c2ccccc2-3)C=CC1c1nc2ccccc2s1. The monoisotopic (exact) mass is 765 g/mol. The molecule has 1 spiro atoms. The van der Waals surface area contributed by atoms with Crippen LogP contribution in [0.25, 0.3) is 53.3 Å². The average Bonchev–Trinajstić information content (AvgIpc) is 4.03. The zero-order valence-electron chi connectivity index (χ0n) is 31.1. The van der Waals surface area contributed by atoms with Gasteiger partial charge in [-0.15, -0.1) is 22.7 Å². The summed E-state index contributed by atoms with van der Waals surface area (Å²) in [5.74, 6) is 0.451. The van der Waals surface area contributed by atoms with Gasteiger partial charge in [-0.05, 0) is 117 Å². The normalized spacial score (nSPS) is 17.0. The van der Waals surface area contributed by atoms with Crippen LogP contribution < -0.4 is 4.90 Å². The van der Waals surface area contributed by atoms with E-state index in [0.29, 0.717) is 0 Å². The number of fused-ring (bicyclic) bond motifs is 12. The lowest BCUT2D eigenvalue weighted by atomic mass is 9.70. The molecule has 0 aliphatic heterocycles. The second-order valence-electron chi connectivity index (χ2n) is 15.3. The highest BCUT2D eigenvalue weighted by Gasteiger charge is 2.51. The molecule has 3 aliphatic rings.